The third-order valence-electron chi connectivity index (χ3n) is 7.13. The molecule has 0 aliphatic carbocycles. The summed E-state index contributed by atoms with van der Waals surface area (Å²) in [6.45, 7) is 3.79. The van der Waals surface area contributed by atoms with Gasteiger partial charge in [-0.25, -0.2) is 4.98 Å². The summed E-state index contributed by atoms with van der Waals surface area (Å²) in [6, 6.07) is 29.0. The monoisotopic (exact) mass is 678 g/mol. The van der Waals surface area contributed by atoms with Crippen molar-refractivity contribution in [3.05, 3.63) is 125 Å². The Labute approximate surface area is 287 Å². The van der Waals surface area contributed by atoms with Gasteiger partial charge in [0.15, 0.2) is 16.6 Å². The van der Waals surface area contributed by atoms with E-state index < -0.39 is 17.1 Å². The van der Waals surface area contributed by atoms with Crippen LogP contribution in [0.5, 0.6) is 11.5 Å². The molecular weight excluding hydrogens is 645 g/mol. The Hall–Kier alpha value is -5.39. The molecule has 4 aromatic carbocycles. The molecule has 11 heteroatoms. The van der Waals surface area contributed by atoms with E-state index >= 15 is 0 Å². The quantitative estimate of drug-likeness (QED) is 0.0916. The van der Waals surface area contributed by atoms with E-state index in [1.54, 1.807) is 56.7 Å². The number of thioether (sulfide) groups is 1. The van der Waals surface area contributed by atoms with Crippen molar-refractivity contribution in [2.75, 3.05) is 24.9 Å². The van der Waals surface area contributed by atoms with Crippen molar-refractivity contribution in [1.29, 1.82) is 0 Å². The third-order valence-corrected chi connectivity index (χ3v) is 8.99. The van der Waals surface area contributed by atoms with E-state index in [9.17, 15) is 14.4 Å². The molecule has 0 aliphatic heterocycles. The number of anilines is 2. The molecule has 1 unspecified atom stereocenters. The normalized spacial score (nSPS) is 11.7. The van der Waals surface area contributed by atoms with Gasteiger partial charge in [-0.15, -0.1) is 23.1 Å². The molecule has 0 saturated heterocycles. The smallest absolute Gasteiger partial charge is 0.272 e. The standard InChI is InChI=1S/C37H34N4O5S2/c1-23-10-12-25(13-11-23)20-30(39-35(43)26-8-6-5-7-9-26)36(44)38-28-15-17-29(18-16-28)48-24(2)34(42)41-37-40-31(22-47-37)27-14-19-32(45-3)33(21-27)46-4/h5-22,24H,1-4H3,(H,38,44)(H,39,43)(H,40,41,42)/b30-20-. The van der Waals surface area contributed by atoms with E-state index in [4.69, 9.17) is 9.47 Å². The van der Waals surface area contributed by atoms with Crippen LogP contribution in [0.15, 0.2) is 113 Å². The van der Waals surface area contributed by atoms with Crippen LogP contribution in [-0.4, -0.2) is 42.2 Å². The molecule has 5 aromatic rings. The Morgan fingerprint density at radius 3 is 2.25 bits per heavy atom. The summed E-state index contributed by atoms with van der Waals surface area (Å²) in [7, 11) is 3.16. The lowest BCUT2D eigenvalue weighted by atomic mass is 10.1. The number of amides is 3. The number of carbonyl (C=O) groups is 3. The molecule has 0 spiro atoms. The van der Waals surface area contributed by atoms with Crippen molar-refractivity contribution in [2.45, 2.75) is 24.0 Å². The van der Waals surface area contributed by atoms with Gasteiger partial charge in [0, 0.05) is 27.1 Å². The van der Waals surface area contributed by atoms with Crippen molar-refractivity contribution in [1.82, 2.24) is 10.3 Å². The van der Waals surface area contributed by atoms with Gasteiger partial charge in [0.25, 0.3) is 11.8 Å². The number of aromatic nitrogens is 1. The van der Waals surface area contributed by atoms with E-state index in [1.807, 2.05) is 79.9 Å². The lowest BCUT2D eigenvalue weighted by Gasteiger charge is -2.13. The lowest BCUT2D eigenvalue weighted by Crippen LogP contribution is -2.30. The molecule has 1 heterocycles. The van der Waals surface area contributed by atoms with Crippen LogP contribution in [-0.2, 0) is 9.59 Å². The maximum Gasteiger partial charge on any atom is 0.272 e. The first-order valence-electron chi connectivity index (χ1n) is 14.9. The molecule has 0 aliphatic rings. The molecule has 0 fully saturated rings. The Morgan fingerprint density at radius 2 is 1.56 bits per heavy atom. The largest absolute Gasteiger partial charge is 0.493 e. The molecule has 0 saturated carbocycles. The number of hydrogen-bond acceptors (Lipinski definition) is 8. The Bertz CT molecular complexity index is 1920. The molecule has 1 atom stereocenters. The van der Waals surface area contributed by atoms with E-state index in [0.717, 1.165) is 21.6 Å². The van der Waals surface area contributed by atoms with Gasteiger partial charge in [0.05, 0.1) is 25.2 Å². The number of methoxy groups -OCH3 is 2. The molecule has 3 amide bonds. The first-order valence-corrected chi connectivity index (χ1v) is 16.7. The minimum absolute atomic E-state index is 0.105. The zero-order valence-electron chi connectivity index (χ0n) is 26.8. The van der Waals surface area contributed by atoms with Gasteiger partial charge in [0.2, 0.25) is 5.91 Å². The summed E-state index contributed by atoms with van der Waals surface area (Å²) in [4.78, 5) is 44.7. The van der Waals surface area contributed by atoms with Gasteiger partial charge >= 0.3 is 0 Å². The third kappa shape index (κ3) is 8.90. The minimum Gasteiger partial charge on any atom is -0.493 e. The van der Waals surface area contributed by atoms with Crippen LogP contribution in [0.3, 0.4) is 0 Å². The topological polar surface area (TPSA) is 119 Å². The summed E-state index contributed by atoms with van der Waals surface area (Å²) < 4.78 is 10.7. The van der Waals surface area contributed by atoms with Gasteiger partial charge in [-0.3, -0.25) is 14.4 Å². The number of rotatable bonds is 12. The zero-order chi connectivity index (χ0) is 34.0. The first-order chi connectivity index (χ1) is 23.2. The van der Waals surface area contributed by atoms with Crippen LogP contribution >= 0.6 is 23.1 Å². The molecule has 244 valence electrons. The fourth-order valence-electron chi connectivity index (χ4n) is 4.51. The van der Waals surface area contributed by atoms with Crippen LogP contribution in [0.4, 0.5) is 10.8 Å². The van der Waals surface area contributed by atoms with Crippen LogP contribution in [0.25, 0.3) is 17.3 Å². The minimum atomic E-state index is -0.469. The zero-order valence-corrected chi connectivity index (χ0v) is 28.4. The SMILES string of the molecule is COc1ccc(-c2csc(NC(=O)C(C)Sc3ccc(NC(=O)/C(=C/c4ccc(C)cc4)NC(=O)c4ccccc4)cc3)n2)cc1OC. The van der Waals surface area contributed by atoms with Crippen molar-refractivity contribution >= 4 is 57.7 Å². The highest BCUT2D eigenvalue weighted by molar-refractivity contribution is 8.00. The molecule has 9 nitrogen and oxygen atoms in total. The highest BCUT2D eigenvalue weighted by Gasteiger charge is 2.18. The second kappa shape index (κ2) is 15.9. The maximum atomic E-state index is 13.4. The molecule has 3 N–H and O–H groups in total. The van der Waals surface area contributed by atoms with Crippen molar-refractivity contribution in [3.8, 4) is 22.8 Å². The molecule has 1 aromatic heterocycles. The van der Waals surface area contributed by atoms with Crippen LogP contribution in [0.2, 0.25) is 0 Å². The maximum absolute atomic E-state index is 13.4. The fourth-order valence-corrected chi connectivity index (χ4v) is 6.10. The number of thiazole rings is 1. The number of carbonyl (C=O) groups excluding carboxylic acids is 3. The van der Waals surface area contributed by atoms with Crippen molar-refractivity contribution in [3.63, 3.8) is 0 Å². The van der Waals surface area contributed by atoms with E-state index in [0.29, 0.717) is 33.6 Å². The first kappa shape index (κ1) is 34.0. The predicted octanol–water partition coefficient (Wildman–Crippen LogP) is 7.66. The summed E-state index contributed by atoms with van der Waals surface area (Å²) in [5, 5.41) is 10.5. The van der Waals surface area contributed by atoms with Crippen molar-refractivity contribution in [2.24, 2.45) is 0 Å². The Morgan fingerprint density at radius 1 is 0.854 bits per heavy atom. The molecule has 5 rings (SSSR count). The highest BCUT2D eigenvalue weighted by atomic mass is 32.2. The molecule has 0 radical (unpaired) electrons. The van der Waals surface area contributed by atoms with Crippen LogP contribution in [0, 0.1) is 6.92 Å². The molecular formula is C37H34N4O5S2. The number of ether oxygens (including phenoxy) is 2. The number of benzene rings is 4. The molecule has 48 heavy (non-hydrogen) atoms. The number of hydrogen-bond donors (Lipinski definition) is 3. The van der Waals surface area contributed by atoms with E-state index in [1.165, 1.54) is 23.1 Å². The van der Waals surface area contributed by atoms with Crippen LogP contribution in [0.1, 0.15) is 28.4 Å². The Kier molecular flexibility index (Phi) is 11.3. The highest BCUT2D eigenvalue weighted by Crippen LogP contribution is 2.34. The number of nitrogens with zero attached hydrogens (tertiary/aromatic N) is 1. The van der Waals surface area contributed by atoms with E-state index in [2.05, 4.69) is 20.9 Å². The van der Waals surface area contributed by atoms with E-state index in [-0.39, 0.29) is 11.6 Å². The van der Waals surface area contributed by atoms with Gasteiger partial charge in [-0.1, -0.05) is 48.0 Å². The second-order valence-electron chi connectivity index (χ2n) is 10.6. The number of nitrogens with one attached hydrogen (secondary N) is 3. The summed E-state index contributed by atoms with van der Waals surface area (Å²) in [5.74, 6) is 0.170. The van der Waals surface area contributed by atoms with Gasteiger partial charge in [-0.05, 0) is 80.1 Å². The van der Waals surface area contributed by atoms with Crippen molar-refractivity contribution < 1.29 is 23.9 Å². The fraction of sp³-hybridized carbons (Fsp3) is 0.135. The van der Waals surface area contributed by atoms with Crippen LogP contribution < -0.4 is 25.4 Å². The van der Waals surface area contributed by atoms with Gasteiger partial charge < -0.3 is 25.4 Å². The summed E-state index contributed by atoms with van der Waals surface area (Å²) in [5.41, 5.74) is 4.49. The van der Waals surface area contributed by atoms with Gasteiger partial charge in [0.1, 0.15) is 5.70 Å². The average Bonchev–Trinajstić information content (AvgIpc) is 3.58. The Balaban J connectivity index is 1.20. The summed E-state index contributed by atoms with van der Waals surface area (Å²) in [6.07, 6.45) is 1.64. The predicted molar refractivity (Wildman–Crippen MR) is 193 cm³/mol. The summed E-state index contributed by atoms with van der Waals surface area (Å²) >= 11 is 2.72. The molecule has 0 bridgehead atoms. The van der Waals surface area contributed by atoms with Gasteiger partial charge in [-0.2, -0.15) is 0 Å². The second-order valence-corrected chi connectivity index (χ2v) is 12.9. The number of aryl methyl sites for hydroxylation is 1. The lowest BCUT2D eigenvalue weighted by molar-refractivity contribution is -0.115. The average molecular weight is 679 g/mol.